The molecule has 1 aliphatic heterocycles. The van der Waals surface area contributed by atoms with Crippen LogP contribution in [0.15, 0.2) is 59.2 Å². The smallest absolute Gasteiger partial charge is 0.259 e. The maximum absolute atomic E-state index is 12.8. The minimum atomic E-state index is -0.216. The van der Waals surface area contributed by atoms with E-state index in [9.17, 15) is 9.59 Å². The molecule has 0 radical (unpaired) electrons. The largest absolute Gasteiger partial charge is 0.369 e. The van der Waals surface area contributed by atoms with Gasteiger partial charge >= 0.3 is 0 Å². The summed E-state index contributed by atoms with van der Waals surface area (Å²) in [6, 6.07) is 15.6. The fraction of sp³-hybridized carbons (Fsp3) is 0.292. The molecule has 2 amide bonds. The Balaban J connectivity index is 1.39. The summed E-state index contributed by atoms with van der Waals surface area (Å²) in [6.07, 6.45) is 3.44. The number of amides is 2. The van der Waals surface area contributed by atoms with Crippen LogP contribution in [0.25, 0.3) is 5.69 Å². The van der Waals surface area contributed by atoms with E-state index in [-0.39, 0.29) is 17.7 Å². The number of nitrogens with two attached hydrogens (primary N) is 1. The minimum Gasteiger partial charge on any atom is -0.369 e. The molecule has 2 aromatic carbocycles. The second-order valence-corrected chi connectivity index (χ2v) is 9.08. The summed E-state index contributed by atoms with van der Waals surface area (Å²) in [7, 11) is 0. The number of halogens is 1. The highest BCUT2D eigenvalue weighted by Crippen LogP contribution is 2.21. The Labute approximate surface area is 195 Å². The summed E-state index contributed by atoms with van der Waals surface area (Å²) in [5.41, 5.74) is 9.53. The number of hydrogen-bond donors (Lipinski definition) is 2. The number of nitrogens with one attached hydrogen (secondary N) is 1. The highest BCUT2D eigenvalue weighted by Gasteiger charge is 2.23. The SMILES string of the molecule is Cc1c(C(=O)Nc2ccc(CN3CCCC(C(N)=O)C3)cc2)cnn1-c1ccc(Br)cc1. The molecule has 166 valence electrons. The molecular weight excluding hydrogens is 470 g/mol. The molecule has 1 aromatic heterocycles. The van der Waals surface area contributed by atoms with Crippen LogP contribution >= 0.6 is 15.9 Å². The molecule has 1 unspecified atom stereocenters. The third kappa shape index (κ3) is 5.08. The summed E-state index contributed by atoms with van der Waals surface area (Å²) in [4.78, 5) is 26.6. The van der Waals surface area contributed by atoms with Crippen molar-refractivity contribution in [1.29, 1.82) is 0 Å². The molecule has 1 saturated heterocycles. The van der Waals surface area contributed by atoms with E-state index in [0.717, 1.165) is 53.0 Å². The van der Waals surface area contributed by atoms with E-state index in [1.54, 1.807) is 10.9 Å². The first-order valence-electron chi connectivity index (χ1n) is 10.6. The number of anilines is 1. The number of primary amides is 1. The van der Waals surface area contributed by atoms with Crippen molar-refractivity contribution in [3.63, 3.8) is 0 Å². The average molecular weight is 496 g/mol. The molecule has 0 saturated carbocycles. The number of piperidine rings is 1. The highest BCUT2D eigenvalue weighted by molar-refractivity contribution is 9.10. The lowest BCUT2D eigenvalue weighted by molar-refractivity contribution is -0.123. The third-order valence-corrected chi connectivity index (χ3v) is 6.38. The Morgan fingerprint density at radius 1 is 1.16 bits per heavy atom. The number of hydrogen-bond acceptors (Lipinski definition) is 4. The van der Waals surface area contributed by atoms with E-state index in [1.807, 2.05) is 55.5 Å². The summed E-state index contributed by atoms with van der Waals surface area (Å²) in [5, 5.41) is 7.33. The van der Waals surface area contributed by atoms with Crippen molar-refractivity contribution in [3.8, 4) is 5.69 Å². The molecule has 0 bridgehead atoms. The molecule has 3 N–H and O–H groups in total. The van der Waals surface area contributed by atoms with Gasteiger partial charge < -0.3 is 11.1 Å². The fourth-order valence-electron chi connectivity index (χ4n) is 4.06. The van der Waals surface area contributed by atoms with Gasteiger partial charge in [-0.2, -0.15) is 5.10 Å². The Morgan fingerprint density at radius 3 is 2.56 bits per heavy atom. The monoisotopic (exact) mass is 495 g/mol. The summed E-state index contributed by atoms with van der Waals surface area (Å²) in [6.45, 7) is 4.31. The van der Waals surface area contributed by atoms with Gasteiger partial charge in [0.2, 0.25) is 5.91 Å². The quantitative estimate of drug-likeness (QED) is 0.542. The number of aromatic nitrogens is 2. The van der Waals surface area contributed by atoms with Gasteiger partial charge in [0.25, 0.3) is 5.91 Å². The van der Waals surface area contributed by atoms with Gasteiger partial charge in [0.05, 0.1) is 29.1 Å². The number of carbonyl (C=O) groups is 2. The second-order valence-electron chi connectivity index (χ2n) is 8.16. The normalized spacial score (nSPS) is 16.6. The summed E-state index contributed by atoms with van der Waals surface area (Å²) < 4.78 is 2.74. The first-order chi connectivity index (χ1) is 15.4. The van der Waals surface area contributed by atoms with E-state index in [1.165, 1.54) is 0 Å². The van der Waals surface area contributed by atoms with Crippen molar-refractivity contribution in [1.82, 2.24) is 14.7 Å². The second kappa shape index (κ2) is 9.67. The zero-order valence-corrected chi connectivity index (χ0v) is 19.5. The van der Waals surface area contributed by atoms with Gasteiger partial charge in [0.15, 0.2) is 0 Å². The Kier molecular flexibility index (Phi) is 6.72. The van der Waals surface area contributed by atoms with E-state index < -0.39 is 0 Å². The Morgan fingerprint density at radius 2 is 1.88 bits per heavy atom. The van der Waals surface area contributed by atoms with Crippen LogP contribution in [0.5, 0.6) is 0 Å². The molecule has 4 rings (SSSR count). The lowest BCUT2D eigenvalue weighted by atomic mass is 9.97. The molecule has 8 heteroatoms. The molecule has 7 nitrogen and oxygen atoms in total. The topological polar surface area (TPSA) is 93.2 Å². The molecule has 1 atom stereocenters. The van der Waals surface area contributed by atoms with Gasteiger partial charge in [-0.05, 0) is 68.3 Å². The maximum atomic E-state index is 12.8. The van der Waals surface area contributed by atoms with Crippen LogP contribution in [0, 0.1) is 12.8 Å². The third-order valence-electron chi connectivity index (χ3n) is 5.85. The van der Waals surface area contributed by atoms with Crippen molar-refractivity contribution in [2.24, 2.45) is 11.7 Å². The molecule has 32 heavy (non-hydrogen) atoms. The number of nitrogens with zero attached hydrogens (tertiary/aromatic N) is 3. The molecule has 0 spiro atoms. The van der Waals surface area contributed by atoms with Gasteiger partial charge in [0.1, 0.15) is 0 Å². The molecule has 1 fully saturated rings. The van der Waals surface area contributed by atoms with Gasteiger partial charge in [-0.3, -0.25) is 14.5 Å². The van der Waals surface area contributed by atoms with E-state index in [2.05, 4.69) is 31.2 Å². The molecule has 2 heterocycles. The summed E-state index contributed by atoms with van der Waals surface area (Å²) >= 11 is 3.43. The predicted molar refractivity (Wildman–Crippen MR) is 128 cm³/mol. The first kappa shape index (κ1) is 22.2. The predicted octanol–water partition coefficient (Wildman–Crippen LogP) is 3.89. The first-order valence-corrected chi connectivity index (χ1v) is 11.4. The van der Waals surface area contributed by atoms with Gasteiger partial charge in [-0.25, -0.2) is 4.68 Å². The van der Waals surface area contributed by atoms with E-state index in [4.69, 9.17) is 5.73 Å². The average Bonchev–Trinajstić information content (AvgIpc) is 3.17. The van der Waals surface area contributed by atoms with Crippen molar-refractivity contribution < 1.29 is 9.59 Å². The van der Waals surface area contributed by atoms with Crippen molar-refractivity contribution in [2.45, 2.75) is 26.3 Å². The highest BCUT2D eigenvalue weighted by atomic mass is 79.9. The fourth-order valence-corrected chi connectivity index (χ4v) is 4.32. The number of rotatable bonds is 6. The Hall–Kier alpha value is -2.97. The number of likely N-dealkylation sites (tertiary alicyclic amines) is 1. The molecule has 1 aliphatic rings. The van der Waals surface area contributed by atoms with Crippen LogP contribution in [0.2, 0.25) is 0 Å². The van der Waals surface area contributed by atoms with Crippen molar-refractivity contribution >= 4 is 33.4 Å². The maximum Gasteiger partial charge on any atom is 0.259 e. The van der Waals surface area contributed by atoms with E-state index >= 15 is 0 Å². The minimum absolute atomic E-state index is 0.0659. The van der Waals surface area contributed by atoms with Crippen LogP contribution in [0.4, 0.5) is 5.69 Å². The zero-order chi connectivity index (χ0) is 22.7. The standard InChI is InChI=1S/C24H26BrN5O2/c1-16-22(13-27-30(16)21-10-6-19(25)7-11-21)24(32)28-20-8-4-17(5-9-20)14-29-12-2-3-18(15-29)23(26)31/h4-11,13,18H,2-3,12,14-15H2,1H3,(H2,26,31)(H,28,32). The molecular formula is C24H26BrN5O2. The van der Waals surface area contributed by atoms with Crippen LogP contribution in [0.1, 0.15) is 34.5 Å². The van der Waals surface area contributed by atoms with Crippen LogP contribution < -0.4 is 11.1 Å². The van der Waals surface area contributed by atoms with E-state index in [0.29, 0.717) is 12.1 Å². The van der Waals surface area contributed by atoms with Gasteiger partial charge in [-0.1, -0.05) is 28.1 Å². The Bertz CT molecular complexity index is 1110. The lowest BCUT2D eigenvalue weighted by Gasteiger charge is -2.31. The van der Waals surface area contributed by atoms with Crippen molar-refractivity contribution in [2.75, 3.05) is 18.4 Å². The molecule has 3 aromatic rings. The van der Waals surface area contributed by atoms with Crippen LogP contribution in [0.3, 0.4) is 0 Å². The van der Waals surface area contributed by atoms with Crippen molar-refractivity contribution in [3.05, 3.63) is 76.0 Å². The summed E-state index contributed by atoms with van der Waals surface area (Å²) in [5.74, 6) is -0.477. The molecule has 0 aliphatic carbocycles. The van der Waals surface area contributed by atoms with Crippen LogP contribution in [-0.4, -0.2) is 39.6 Å². The van der Waals surface area contributed by atoms with Crippen LogP contribution in [-0.2, 0) is 11.3 Å². The lowest BCUT2D eigenvalue weighted by Crippen LogP contribution is -2.40. The zero-order valence-electron chi connectivity index (χ0n) is 17.9. The van der Waals surface area contributed by atoms with Gasteiger partial charge in [0, 0.05) is 23.2 Å². The van der Waals surface area contributed by atoms with Gasteiger partial charge in [-0.15, -0.1) is 0 Å². The number of carbonyl (C=O) groups excluding carboxylic acids is 2. The number of benzene rings is 2.